The maximum absolute atomic E-state index is 12.2. The summed E-state index contributed by atoms with van der Waals surface area (Å²) in [5, 5.41) is 5.48. The predicted octanol–water partition coefficient (Wildman–Crippen LogP) is 3.36. The molecule has 2 heterocycles. The smallest absolute Gasteiger partial charge is 0.260 e. The Morgan fingerprint density at radius 1 is 1.04 bits per heavy atom. The summed E-state index contributed by atoms with van der Waals surface area (Å²) in [6.07, 6.45) is 6.92. The summed E-state index contributed by atoms with van der Waals surface area (Å²) in [5.41, 5.74) is 3.27. The Balaban J connectivity index is 1.62. The van der Waals surface area contributed by atoms with Crippen LogP contribution in [-0.2, 0) is 4.79 Å². The number of fused-ring (bicyclic) bond motifs is 1. The second-order valence-electron chi connectivity index (χ2n) is 5.69. The molecule has 0 saturated heterocycles. The summed E-state index contributed by atoms with van der Waals surface area (Å²) in [5.74, 6) is -0.817. The second kappa shape index (κ2) is 6.61. The molecule has 0 atom stereocenters. The highest BCUT2D eigenvalue weighted by atomic mass is 79.9. The van der Waals surface area contributed by atoms with Crippen molar-refractivity contribution in [1.29, 1.82) is 0 Å². The van der Waals surface area contributed by atoms with Crippen molar-refractivity contribution in [3.63, 3.8) is 0 Å². The number of halogens is 1. The zero-order valence-electron chi connectivity index (χ0n) is 13.4. The molecule has 6 nitrogen and oxygen atoms in total. The third-order valence-electron chi connectivity index (χ3n) is 4.04. The van der Waals surface area contributed by atoms with Gasteiger partial charge in [0.05, 0.1) is 11.9 Å². The van der Waals surface area contributed by atoms with Gasteiger partial charge in [-0.05, 0) is 42.5 Å². The van der Waals surface area contributed by atoms with Crippen molar-refractivity contribution in [3.05, 3.63) is 83.0 Å². The van der Waals surface area contributed by atoms with E-state index in [4.69, 9.17) is 0 Å². The van der Waals surface area contributed by atoms with Crippen molar-refractivity contribution in [2.75, 3.05) is 5.32 Å². The number of aromatic nitrogens is 2. The molecule has 0 bridgehead atoms. The summed E-state index contributed by atoms with van der Waals surface area (Å²) in [6, 6.07) is 12.9. The molecule has 2 amide bonds. The number of nitrogens with one attached hydrogen (secondary N) is 2. The number of amides is 2. The molecule has 0 spiro atoms. The van der Waals surface area contributed by atoms with Gasteiger partial charge in [-0.25, -0.2) is 4.98 Å². The first-order valence-electron chi connectivity index (χ1n) is 7.82. The average molecular weight is 409 g/mol. The van der Waals surface area contributed by atoms with Crippen molar-refractivity contribution in [2.45, 2.75) is 0 Å². The molecule has 1 aliphatic heterocycles. The number of rotatable bonds is 3. The number of hydrogen-bond donors (Lipinski definition) is 2. The zero-order chi connectivity index (χ0) is 18.1. The maximum Gasteiger partial charge on any atom is 0.260 e. The standard InChI is InChI=1S/C19H13BrN4O2/c20-12-1-6-15-16(9-12)17(19(26)23-18(15)25)10-22-13-2-4-14(5-3-13)24-8-7-21-11-24/h1-11,22H,(H,23,25,26). The highest BCUT2D eigenvalue weighted by Gasteiger charge is 2.27. The molecule has 26 heavy (non-hydrogen) atoms. The molecule has 1 aromatic heterocycles. The molecule has 0 radical (unpaired) electrons. The minimum absolute atomic E-state index is 0.390. The van der Waals surface area contributed by atoms with Gasteiger partial charge in [0.25, 0.3) is 11.8 Å². The molecule has 0 fully saturated rings. The third kappa shape index (κ3) is 3.04. The maximum atomic E-state index is 12.2. The van der Waals surface area contributed by atoms with Gasteiger partial charge in [-0.2, -0.15) is 0 Å². The molecule has 2 aromatic carbocycles. The highest BCUT2D eigenvalue weighted by molar-refractivity contribution is 9.10. The fraction of sp³-hybridized carbons (Fsp3) is 0. The predicted molar refractivity (Wildman–Crippen MR) is 102 cm³/mol. The zero-order valence-corrected chi connectivity index (χ0v) is 15.0. The molecule has 7 heteroatoms. The van der Waals surface area contributed by atoms with Gasteiger partial charge in [0.2, 0.25) is 0 Å². The molecule has 0 unspecified atom stereocenters. The summed E-state index contributed by atoms with van der Waals surface area (Å²) in [6.45, 7) is 0. The van der Waals surface area contributed by atoms with E-state index >= 15 is 0 Å². The Labute approximate surface area is 157 Å². The summed E-state index contributed by atoms with van der Waals surface area (Å²) in [4.78, 5) is 28.2. The molecular formula is C19H13BrN4O2. The number of carbonyl (C=O) groups is 2. The van der Waals surface area contributed by atoms with Crippen molar-refractivity contribution in [3.8, 4) is 5.69 Å². The van der Waals surface area contributed by atoms with E-state index in [1.807, 2.05) is 35.0 Å². The number of hydrogen-bond acceptors (Lipinski definition) is 4. The summed E-state index contributed by atoms with van der Waals surface area (Å²) in [7, 11) is 0. The Bertz CT molecular complexity index is 1020. The van der Waals surface area contributed by atoms with Crippen molar-refractivity contribution in [1.82, 2.24) is 14.9 Å². The minimum Gasteiger partial charge on any atom is -0.361 e. The number of benzene rings is 2. The van der Waals surface area contributed by atoms with E-state index in [1.165, 1.54) is 0 Å². The van der Waals surface area contributed by atoms with Gasteiger partial charge in [-0.15, -0.1) is 0 Å². The summed E-state index contributed by atoms with van der Waals surface area (Å²) >= 11 is 3.38. The molecule has 2 N–H and O–H groups in total. The molecular weight excluding hydrogens is 396 g/mol. The van der Waals surface area contributed by atoms with Crippen LogP contribution in [0, 0.1) is 0 Å². The summed E-state index contributed by atoms with van der Waals surface area (Å²) < 4.78 is 2.70. The second-order valence-corrected chi connectivity index (χ2v) is 6.61. The third-order valence-corrected chi connectivity index (χ3v) is 4.53. The topological polar surface area (TPSA) is 76.0 Å². The molecule has 0 aliphatic carbocycles. The van der Waals surface area contributed by atoms with E-state index in [-0.39, 0.29) is 5.91 Å². The van der Waals surface area contributed by atoms with Gasteiger partial charge in [0.15, 0.2) is 0 Å². The Morgan fingerprint density at radius 2 is 1.85 bits per heavy atom. The van der Waals surface area contributed by atoms with Gasteiger partial charge in [0.1, 0.15) is 0 Å². The Kier molecular flexibility index (Phi) is 4.14. The molecule has 3 aromatic rings. The van der Waals surface area contributed by atoms with Crippen molar-refractivity contribution >= 4 is 39.0 Å². The van der Waals surface area contributed by atoms with Crippen LogP contribution in [0.1, 0.15) is 15.9 Å². The first-order chi connectivity index (χ1) is 12.6. The van der Waals surface area contributed by atoms with Gasteiger partial charge in [-0.3, -0.25) is 14.9 Å². The van der Waals surface area contributed by atoms with E-state index in [1.54, 1.807) is 36.9 Å². The van der Waals surface area contributed by atoms with Gasteiger partial charge >= 0.3 is 0 Å². The lowest BCUT2D eigenvalue weighted by Gasteiger charge is -2.18. The average Bonchev–Trinajstić information content (AvgIpc) is 3.16. The van der Waals surface area contributed by atoms with Crippen LogP contribution in [0.15, 0.2) is 71.9 Å². The minimum atomic E-state index is -0.428. The lowest BCUT2D eigenvalue weighted by molar-refractivity contribution is -0.114. The number of carbonyl (C=O) groups excluding carboxylic acids is 2. The van der Waals surface area contributed by atoms with Crippen LogP contribution in [0.25, 0.3) is 11.3 Å². The van der Waals surface area contributed by atoms with Gasteiger partial charge in [0, 0.05) is 45.6 Å². The van der Waals surface area contributed by atoms with E-state index in [2.05, 4.69) is 31.5 Å². The van der Waals surface area contributed by atoms with Crippen LogP contribution in [0.3, 0.4) is 0 Å². The van der Waals surface area contributed by atoms with Crippen LogP contribution < -0.4 is 10.6 Å². The van der Waals surface area contributed by atoms with Crippen LogP contribution in [-0.4, -0.2) is 21.4 Å². The van der Waals surface area contributed by atoms with E-state index in [9.17, 15) is 9.59 Å². The van der Waals surface area contributed by atoms with Crippen LogP contribution in [0.4, 0.5) is 5.69 Å². The normalized spacial score (nSPS) is 14.9. The number of nitrogens with zero attached hydrogens (tertiary/aromatic N) is 2. The van der Waals surface area contributed by atoms with Crippen LogP contribution >= 0.6 is 15.9 Å². The lowest BCUT2D eigenvalue weighted by atomic mass is 9.95. The van der Waals surface area contributed by atoms with Gasteiger partial charge in [-0.1, -0.05) is 15.9 Å². The molecule has 0 saturated carbocycles. The lowest BCUT2D eigenvalue weighted by Crippen LogP contribution is -2.36. The Morgan fingerprint density at radius 3 is 2.58 bits per heavy atom. The SMILES string of the molecule is O=C1NC(=O)c2ccc(Br)cc2C1=CNc1ccc(-n2ccnc2)cc1. The number of anilines is 1. The molecule has 128 valence electrons. The quantitative estimate of drug-likeness (QED) is 0.514. The largest absolute Gasteiger partial charge is 0.361 e. The van der Waals surface area contributed by atoms with E-state index in [0.717, 1.165) is 15.8 Å². The highest BCUT2D eigenvalue weighted by Crippen LogP contribution is 2.27. The first-order valence-corrected chi connectivity index (χ1v) is 8.62. The monoisotopic (exact) mass is 408 g/mol. The molecule has 4 rings (SSSR count). The number of imidazole rings is 1. The van der Waals surface area contributed by atoms with Crippen LogP contribution in [0.5, 0.6) is 0 Å². The van der Waals surface area contributed by atoms with Crippen molar-refractivity contribution in [2.24, 2.45) is 0 Å². The van der Waals surface area contributed by atoms with Crippen molar-refractivity contribution < 1.29 is 9.59 Å². The Hall–Kier alpha value is -3.19. The first kappa shape index (κ1) is 16.3. The van der Waals surface area contributed by atoms with Crippen LogP contribution in [0.2, 0.25) is 0 Å². The van der Waals surface area contributed by atoms with E-state index < -0.39 is 5.91 Å². The van der Waals surface area contributed by atoms with Gasteiger partial charge < -0.3 is 9.88 Å². The molecule has 1 aliphatic rings. The number of imide groups is 1. The fourth-order valence-corrected chi connectivity index (χ4v) is 3.10. The fourth-order valence-electron chi connectivity index (χ4n) is 2.74. The van der Waals surface area contributed by atoms with E-state index in [0.29, 0.717) is 16.7 Å².